The largest absolute Gasteiger partial charge is 0.496 e. The number of nitrogens with zero attached hydrogens (tertiary/aromatic N) is 1. The summed E-state index contributed by atoms with van der Waals surface area (Å²) in [4.78, 5) is 13.6. The van der Waals surface area contributed by atoms with E-state index in [4.69, 9.17) is 18.9 Å². The molecule has 7 heteroatoms. The Bertz CT molecular complexity index is 467. The molecular formula is C15H22N2O5. The van der Waals surface area contributed by atoms with Crippen molar-refractivity contribution in [3.05, 3.63) is 18.2 Å². The van der Waals surface area contributed by atoms with E-state index in [2.05, 4.69) is 5.32 Å². The van der Waals surface area contributed by atoms with Crippen molar-refractivity contribution in [3.8, 4) is 17.2 Å². The summed E-state index contributed by atoms with van der Waals surface area (Å²) in [6, 6.07) is 5.22. The van der Waals surface area contributed by atoms with Gasteiger partial charge in [-0.05, 0) is 0 Å². The predicted molar refractivity (Wildman–Crippen MR) is 80.8 cm³/mol. The smallest absolute Gasteiger partial charge is 0.317 e. The lowest BCUT2D eigenvalue weighted by Crippen LogP contribution is -2.47. The third kappa shape index (κ3) is 4.70. The quantitative estimate of drug-likeness (QED) is 0.798. The van der Waals surface area contributed by atoms with E-state index in [1.807, 2.05) is 0 Å². The lowest BCUT2D eigenvalue weighted by molar-refractivity contribution is 0.0530. The number of urea groups is 1. The average Bonchev–Trinajstić information content (AvgIpc) is 2.58. The molecule has 0 aromatic heterocycles. The number of ether oxygens (including phenoxy) is 4. The molecule has 1 saturated heterocycles. The molecule has 1 aliphatic heterocycles. The van der Waals surface area contributed by atoms with Gasteiger partial charge in [0.15, 0.2) is 0 Å². The molecule has 1 aliphatic rings. The maximum Gasteiger partial charge on any atom is 0.317 e. The Kier molecular flexibility index (Phi) is 6.14. The highest BCUT2D eigenvalue weighted by Gasteiger charge is 2.15. The minimum absolute atomic E-state index is 0.0878. The van der Waals surface area contributed by atoms with E-state index < -0.39 is 0 Å². The van der Waals surface area contributed by atoms with Gasteiger partial charge >= 0.3 is 6.03 Å². The summed E-state index contributed by atoms with van der Waals surface area (Å²) >= 11 is 0. The van der Waals surface area contributed by atoms with E-state index in [1.165, 1.54) is 0 Å². The Hall–Kier alpha value is -2.15. The normalized spacial score (nSPS) is 14.4. The maximum atomic E-state index is 11.9. The van der Waals surface area contributed by atoms with E-state index in [9.17, 15) is 4.79 Å². The van der Waals surface area contributed by atoms with E-state index in [0.717, 1.165) is 0 Å². The number of morpholine rings is 1. The predicted octanol–water partition coefficient (Wildman–Crippen LogP) is 1.12. The highest BCUT2D eigenvalue weighted by Crippen LogP contribution is 2.27. The summed E-state index contributed by atoms with van der Waals surface area (Å²) in [6.07, 6.45) is 0. The average molecular weight is 310 g/mol. The number of methoxy groups -OCH3 is 2. The first-order chi connectivity index (χ1) is 10.7. The van der Waals surface area contributed by atoms with Crippen LogP contribution in [-0.2, 0) is 4.74 Å². The molecule has 22 heavy (non-hydrogen) atoms. The van der Waals surface area contributed by atoms with Gasteiger partial charge in [-0.15, -0.1) is 0 Å². The third-order valence-corrected chi connectivity index (χ3v) is 3.27. The number of carbonyl (C=O) groups is 1. The fourth-order valence-electron chi connectivity index (χ4n) is 2.07. The van der Waals surface area contributed by atoms with Crippen LogP contribution in [-0.4, -0.2) is 64.6 Å². The number of carbonyl (C=O) groups excluding carboxylic acids is 1. The molecule has 0 spiro atoms. The van der Waals surface area contributed by atoms with Gasteiger partial charge in [-0.3, -0.25) is 0 Å². The van der Waals surface area contributed by atoms with Crippen molar-refractivity contribution in [2.75, 3.05) is 53.7 Å². The Balaban J connectivity index is 1.75. The molecule has 1 fully saturated rings. The molecule has 0 radical (unpaired) electrons. The highest BCUT2D eigenvalue weighted by molar-refractivity contribution is 5.74. The van der Waals surface area contributed by atoms with E-state index in [1.54, 1.807) is 37.3 Å². The molecule has 1 heterocycles. The van der Waals surface area contributed by atoms with Crippen molar-refractivity contribution in [3.63, 3.8) is 0 Å². The summed E-state index contributed by atoms with van der Waals surface area (Å²) in [5, 5.41) is 2.82. The lowest BCUT2D eigenvalue weighted by Gasteiger charge is -2.26. The van der Waals surface area contributed by atoms with Crippen molar-refractivity contribution < 1.29 is 23.7 Å². The van der Waals surface area contributed by atoms with Gasteiger partial charge in [-0.1, -0.05) is 0 Å². The molecule has 1 aromatic carbocycles. The third-order valence-electron chi connectivity index (χ3n) is 3.27. The minimum Gasteiger partial charge on any atom is -0.496 e. The lowest BCUT2D eigenvalue weighted by atomic mass is 10.3. The summed E-state index contributed by atoms with van der Waals surface area (Å²) in [5.41, 5.74) is 0. The van der Waals surface area contributed by atoms with Gasteiger partial charge in [-0.25, -0.2) is 4.79 Å². The topological polar surface area (TPSA) is 69.3 Å². The number of amides is 2. The van der Waals surface area contributed by atoms with Crippen LogP contribution in [0.5, 0.6) is 17.2 Å². The fourth-order valence-corrected chi connectivity index (χ4v) is 2.07. The maximum absolute atomic E-state index is 11.9. The molecule has 7 nitrogen and oxygen atoms in total. The number of nitrogens with one attached hydrogen (secondary N) is 1. The van der Waals surface area contributed by atoms with Gasteiger partial charge in [-0.2, -0.15) is 0 Å². The Morgan fingerprint density at radius 2 is 1.73 bits per heavy atom. The van der Waals surface area contributed by atoms with Gasteiger partial charge in [0.25, 0.3) is 0 Å². The zero-order valence-corrected chi connectivity index (χ0v) is 13.0. The molecule has 122 valence electrons. The molecule has 0 unspecified atom stereocenters. The summed E-state index contributed by atoms with van der Waals surface area (Å²) < 4.78 is 21.2. The van der Waals surface area contributed by atoms with Gasteiger partial charge in [0.05, 0.1) is 34.0 Å². The van der Waals surface area contributed by atoms with Crippen LogP contribution in [0.25, 0.3) is 0 Å². The molecule has 0 bridgehead atoms. The van der Waals surface area contributed by atoms with E-state index >= 15 is 0 Å². The van der Waals surface area contributed by atoms with Gasteiger partial charge in [0.1, 0.15) is 23.9 Å². The number of hydrogen-bond donors (Lipinski definition) is 1. The van der Waals surface area contributed by atoms with Crippen molar-refractivity contribution in [1.82, 2.24) is 10.2 Å². The summed E-state index contributed by atoms with van der Waals surface area (Å²) in [7, 11) is 3.17. The van der Waals surface area contributed by atoms with Crippen LogP contribution in [0.15, 0.2) is 18.2 Å². The molecule has 2 rings (SSSR count). The second-order valence-electron chi connectivity index (χ2n) is 4.73. The number of benzene rings is 1. The molecule has 0 saturated carbocycles. The van der Waals surface area contributed by atoms with Crippen molar-refractivity contribution in [2.24, 2.45) is 0 Å². The second kappa shape index (κ2) is 8.33. The first-order valence-corrected chi connectivity index (χ1v) is 7.19. The van der Waals surface area contributed by atoms with Crippen molar-refractivity contribution >= 4 is 6.03 Å². The molecular weight excluding hydrogens is 288 g/mol. The van der Waals surface area contributed by atoms with E-state index in [0.29, 0.717) is 56.7 Å². The van der Waals surface area contributed by atoms with Crippen LogP contribution in [0.1, 0.15) is 0 Å². The molecule has 0 atom stereocenters. The van der Waals surface area contributed by atoms with Crippen LogP contribution in [0.2, 0.25) is 0 Å². The summed E-state index contributed by atoms with van der Waals surface area (Å²) in [6.45, 7) is 3.22. The first kappa shape index (κ1) is 16.2. The molecule has 0 aliphatic carbocycles. The van der Waals surface area contributed by atoms with Gasteiger partial charge in [0.2, 0.25) is 0 Å². The van der Waals surface area contributed by atoms with Crippen molar-refractivity contribution in [1.29, 1.82) is 0 Å². The first-order valence-electron chi connectivity index (χ1n) is 7.19. The van der Waals surface area contributed by atoms with Crippen LogP contribution in [0, 0.1) is 0 Å². The van der Waals surface area contributed by atoms with Crippen LogP contribution < -0.4 is 19.5 Å². The number of rotatable bonds is 6. The molecule has 2 amide bonds. The Morgan fingerprint density at radius 3 is 2.32 bits per heavy atom. The monoisotopic (exact) mass is 310 g/mol. The van der Waals surface area contributed by atoms with Crippen LogP contribution in [0.4, 0.5) is 4.79 Å². The zero-order chi connectivity index (χ0) is 15.8. The number of hydrogen-bond acceptors (Lipinski definition) is 5. The van der Waals surface area contributed by atoms with Crippen LogP contribution >= 0.6 is 0 Å². The van der Waals surface area contributed by atoms with Crippen molar-refractivity contribution in [2.45, 2.75) is 0 Å². The fraction of sp³-hybridized carbons (Fsp3) is 0.533. The Labute approximate surface area is 130 Å². The van der Waals surface area contributed by atoms with Gasteiger partial charge < -0.3 is 29.2 Å². The summed E-state index contributed by atoms with van der Waals surface area (Å²) in [5.74, 6) is 1.95. The second-order valence-corrected chi connectivity index (χ2v) is 4.73. The Morgan fingerprint density at radius 1 is 1.14 bits per heavy atom. The van der Waals surface area contributed by atoms with Gasteiger partial charge in [0, 0.05) is 31.3 Å². The standard InChI is InChI=1S/C15H22N2O5/c1-19-12-9-13(20-2)11-14(10-12)22-6-3-16-15(18)17-4-7-21-8-5-17/h9-11H,3-8H2,1-2H3,(H,16,18). The minimum atomic E-state index is -0.0878. The highest BCUT2D eigenvalue weighted by atomic mass is 16.5. The zero-order valence-electron chi connectivity index (χ0n) is 13.0. The SMILES string of the molecule is COc1cc(OC)cc(OCCNC(=O)N2CCOCC2)c1. The van der Waals surface area contributed by atoms with E-state index in [-0.39, 0.29) is 6.03 Å². The molecule has 1 N–H and O–H groups in total. The van der Waals surface area contributed by atoms with Crippen LogP contribution in [0.3, 0.4) is 0 Å². The molecule has 1 aromatic rings.